The number of pyridine rings is 1. The van der Waals surface area contributed by atoms with E-state index in [1.54, 1.807) is 6.07 Å². The molecule has 1 saturated heterocycles. The number of fused-ring (bicyclic) bond motifs is 1. The molecule has 1 aromatic carbocycles. The van der Waals surface area contributed by atoms with Crippen LogP contribution >= 0.6 is 0 Å². The van der Waals surface area contributed by atoms with Crippen LogP contribution in [0.4, 0.5) is 5.82 Å². The Bertz CT molecular complexity index is 621. The number of aromatic nitrogens is 1. The first-order chi connectivity index (χ1) is 9.25. The molecular formula is C14H15N3O2. The summed E-state index contributed by atoms with van der Waals surface area (Å²) in [6.07, 6.45) is 0. The van der Waals surface area contributed by atoms with Crippen LogP contribution in [0.2, 0.25) is 0 Å². The molecule has 0 saturated carbocycles. The third kappa shape index (κ3) is 2.24. The van der Waals surface area contributed by atoms with Crippen LogP contribution in [0.15, 0.2) is 30.3 Å². The minimum Gasteiger partial charge on any atom is -0.478 e. The molecule has 5 heteroatoms. The van der Waals surface area contributed by atoms with Crippen molar-refractivity contribution in [2.75, 3.05) is 31.1 Å². The molecule has 1 aliphatic heterocycles. The van der Waals surface area contributed by atoms with Gasteiger partial charge in [0.05, 0.1) is 5.52 Å². The van der Waals surface area contributed by atoms with E-state index in [1.165, 1.54) is 0 Å². The molecule has 0 amide bonds. The summed E-state index contributed by atoms with van der Waals surface area (Å²) in [7, 11) is 0. The highest BCUT2D eigenvalue weighted by Crippen LogP contribution is 2.24. The topological polar surface area (TPSA) is 65.5 Å². The Morgan fingerprint density at radius 1 is 1.26 bits per heavy atom. The van der Waals surface area contributed by atoms with Gasteiger partial charge in [0, 0.05) is 31.6 Å². The second-order valence-corrected chi connectivity index (χ2v) is 4.59. The number of carboxylic acids is 1. The second-order valence-electron chi connectivity index (χ2n) is 4.59. The molecule has 98 valence electrons. The van der Waals surface area contributed by atoms with E-state index in [-0.39, 0.29) is 5.56 Å². The lowest BCUT2D eigenvalue weighted by molar-refractivity contribution is 0.0697. The first-order valence-corrected chi connectivity index (χ1v) is 6.34. The normalized spacial score (nSPS) is 15.7. The largest absolute Gasteiger partial charge is 0.478 e. The zero-order valence-electron chi connectivity index (χ0n) is 10.5. The second kappa shape index (κ2) is 4.85. The molecule has 2 N–H and O–H groups in total. The van der Waals surface area contributed by atoms with Gasteiger partial charge in [-0.3, -0.25) is 0 Å². The van der Waals surface area contributed by atoms with Gasteiger partial charge in [-0.2, -0.15) is 0 Å². The number of aromatic carboxylic acids is 1. The van der Waals surface area contributed by atoms with Crippen LogP contribution in [0.1, 0.15) is 10.4 Å². The number of piperazine rings is 1. The van der Waals surface area contributed by atoms with E-state index in [9.17, 15) is 9.90 Å². The average molecular weight is 257 g/mol. The summed E-state index contributed by atoms with van der Waals surface area (Å²) in [6.45, 7) is 3.28. The lowest BCUT2D eigenvalue weighted by Gasteiger charge is -2.29. The number of nitrogens with one attached hydrogen (secondary N) is 1. The standard InChI is InChI=1S/C14H15N3O2/c18-14(19)11-9-10-3-1-2-4-12(10)16-13(11)17-7-5-15-6-8-17/h1-4,9,15H,5-8H2,(H,18,19). The fourth-order valence-electron chi connectivity index (χ4n) is 2.38. The van der Waals surface area contributed by atoms with E-state index >= 15 is 0 Å². The molecule has 1 aromatic heterocycles. The summed E-state index contributed by atoms with van der Waals surface area (Å²) < 4.78 is 0. The first kappa shape index (κ1) is 11.9. The van der Waals surface area contributed by atoms with Gasteiger partial charge >= 0.3 is 5.97 Å². The molecule has 0 unspecified atom stereocenters. The predicted molar refractivity (Wildman–Crippen MR) is 73.8 cm³/mol. The number of nitrogens with zero attached hydrogens (tertiary/aromatic N) is 2. The van der Waals surface area contributed by atoms with Crippen molar-refractivity contribution in [1.29, 1.82) is 0 Å². The molecule has 1 fully saturated rings. The molecule has 3 rings (SSSR count). The molecule has 19 heavy (non-hydrogen) atoms. The maximum Gasteiger partial charge on any atom is 0.339 e. The molecule has 0 spiro atoms. The van der Waals surface area contributed by atoms with Gasteiger partial charge in [0.2, 0.25) is 0 Å². The molecule has 0 radical (unpaired) electrons. The first-order valence-electron chi connectivity index (χ1n) is 6.34. The van der Waals surface area contributed by atoms with Gasteiger partial charge in [-0.25, -0.2) is 9.78 Å². The molecule has 1 aliphatic rings. The highest BCUT2D eigenvalue weighted by molar-refractivity contribution is 5.98. The minimum atomic E-state index is -0.924. The Kier molecular flexibility index (Phi) is 3.05. The number of anilines is 1. The smallest absolute Gasteiger partial charge is 0.339 e. The number of carboxylic acid groups (broad SMARTS) is 1. The van der Waals surface area contributed by atoms with E-state index in [1.807, 2.05) is 29.2 Å². The molecule has 2 heterocycles. The highest BCUT2D eigenvalue weighted by Gasteiger charge is 2.20. The Labute approximate surface area is 110 Å². The van der Waals surface area contributed by atoms with Crippen molar-refractivity contribution in [3.63, 3.8) is 0 Å². The van der Waals surface area contributed by atoms with Gasteiger partial charge in [0.1, 0.15) is 11.4 Å². The minimum absolute atomic E-state index is 0.278. The summed E-state index contributed by atoms with van der Waals surface area (Å²) in [5.41, 5.74) is 1.11. The van der Waals surface area contributed by atoms with Gasteiger partial charge in [0.25, 0.3) is 0 Å². The van der Waals surface area contributed by atoms with Crippen LogP contribution in [-0.2, 0) is 0 Å². The van der Waals surface area contributed by atoms with Crippen LogP contribution in [-0.4, -0.2) is 42.2 Å². The third-order valence-electron chi connectivity index (χ3n) is 3.35. The van der Waals surface area contributed by atoms with Crippen molar-refractivity contribution >= 4 is 22.7 Å². The average Bonchev–Trinajstić information content (AvgIpc) is 2.46. The van der Waals surface area contributed by atoms with Crippen molar-refractivity contribution in [2.24, 2.45) is 0 Å². The van der Waals surface area contributed by atoms with Crippen molar-refractivity contribution in [1.82, 2.24) is 10.3 Å². The Morgan fingerprint density at radius 2 is 2.00 bits per heavy atom. The highest BCUT2D eigenvalue weighted by atomic mass is 16.4. The fourth-order valence-corrected chi connectivity index (χ4v) is 2.38. The van der Waals surface area contributed by atoms with Crippen molar-refractivity contribution < 1.29 is 9.90 Å². The molecular weight excluding hydrogens is 242 g/mol. The number of carbonyl (C=O) groups is 1. The van der Waals surface area contributed by atoms with Crippen LogP contribution in [0.25, 0.3) is 10.9 Å². The fraction of sp³-hybridized carbons (Fsp3) is 0.286. The Balaban J connectivity index is 2.14. The number of rotatable bonds is 2. The zero-order valence-corrected chi connectivity index (χ0v) is 10.5. The number of hydrogen-bond acceptors (Lipinski definition) is 4. The van der Waals surface area contributed by atoms with Crippen molar-refractivity contribution in [3.8, 4) is 0 Å². The summed E-state index contributed by atoms with van der Waals surface area (Å²) in [6, 6.07) is 9.31. The quantitative estimate of drug-likeness (QED) is 0.850. The summed E-state index contributed by atoms with van der Waals surface area (Å²) in [4.78, 5) is 18.0. The maximum absolute atomic E-state index is 11.4. The maximum atomic E-state index is 11.4. The van der Waals surface area contributed by atoms with E-state index in [0.29, 0.717) is 5.82 Å². The Hall–Kier alpha value is -2.14. The van der Waals surface area contributed by atoms with Crippen LogP contribution in [0.5, 0.6) is 0 Å². The van der Waals surface area contributed by atoms with Crippen LogP contribution in [0.3, 0.4) is 0 Å². The molecule has 5 nitrogen and oxygen atoms in total. The van der Waals surface area contributed by atoms with Gasteiger partial charge in [-0.1, -0.05) is 18.2 Å². The summed E-state index contributed by atoms with van der Waals surface area (Å²) in [5.74, 6) is -0.348. The lowest BCUT2D eigenvalue weighted by atomic mass is 10.1. The summed E-state index contributed by atoms with van der Waals surface area (Å²) >= 11 is 0. The van der Waals surface area contributed by atoms with Gasteiger partial charge < -0.3 is 15.3 Å². The van der Waals surface area contributed by atoms with E-state index in [0.717, 1.165) is 37.1 Å². The molecule has 0 atom stereocenters. The van der Waals surface area contributed by atoms with Gasteiger partial charge in [0.15, 0.2) is 0 Å². The molecule has 2 aromatic rings. The number of benzene rings is 1. The summed E-state index contributed by atoms with van der Waals surface area (Å²) in [5, 5.41) is 13.5. The number of para-hydroxylation sites is 1. The van der Waals surface area contributed by atoms with Crippen LogP contribution in [0, 0.1) is 0 Å². The SMILES string of the molecule is O=C(O)c1cc2ccccc2nc1N1CCNCC1. The molecule has 0 bridgehead atoms. The van der Waals surface area contributed by atoms with Crippen LogP contribution < -0.4 is 10.2 Å². The molecule has 0 aliphatic carbocycles. The van der Waals surface area contributed by atoms with Gasteiger partial charge in [-0.05, 0) is 12.1 Å². The van der Waals surface area contributed by atoms with E-state index in [4.69, 9.17) is 0 Å². The van der Waals surface area contributed by atoms with Gasteiger partial charge in [-0.15, -0.1) is 0 Å². The van der Waals surface area contributed by atoms with E-state index in [2.05, 4.69) is 10.3 Å². The zero-order chi connectivity index (χ0) is 13.2. The monoisotopic (exact) mass is 257 g/mol. The lowest BCUT2D eigenvalue weighted by Crippen LogP contribution is -2.44. The predicted octanol–water partition coefficient (Wildman–Crippen LogP) is 1.34. The van der Waals surface area contributed by atoms with Crippen molar-refractivity contribution in [2.45, 2.75) is 0 Å². The van der Waals surface area contributed by atoms with E-state index < -0.39 is 5.97 Å². The Morgan fingerprint density at radius 3 is 2.74 bits per heavy atom. The van der Waals surface area contributed by atoms with Crippen molar-refractivity contribution in [3.05, 3.63) is 35.9 Å². The number of hydrogen-bond donors (Lipinski definition) is 2. The third-order valence-corrected chi connectivity index (χ3v) is 3.35.